The van der Waals surface area contributed by atoms with Gasteiger partial charge in [-0.25, -0.2) is 4.79 Å². The Hall–Kier alpha value is -3.60. The second kappa shape index (κ2) is 9.55. The van der Waals surface area contributed by atoms with Crippen LogP contribution in [0.5, 0.6) is 17.2 Å². The van der Waals surface area contributed by atoms with Gasteiger partial charge in [0, 0.05) is 6.21 Å². The number of hydrogen-bond donors (Lipinski definition) is 0. The molecule has 148 valence electrons. The van der Waals surface area contributed by atoms with Crippen molar-refractivity contribution in [3.63, 3.8) is 0 Å². The Kier molecular flexibility index (Phi) is 6.63. The molecule has 0 spiro atoms. The average Bonchev–Trinajstić information content (AvgIpc) is 2.78. The number of esters is 1. The third kappa shape index (κ3) is 5.23. The number of rotatable bonds is 7. The molecule has 0 atom stereocenters. The standard InChI is InChI=1S/C24H23NO4/c1-4-17-5-10-20(11-6-17)25-16-18-7-14-22(23(15-18)28-3)29-24(26)19-8-12-21(27-2)13-9-19/h5-16H,4H2,1-3H3. The highest BCUT2D eigenvalue weighted by atomic mass is 16.6. The molecule has 0 N–H and O–H groups in total. The van der Waals surface area contributed by atoms with Crippen LogP contribution in [0.3, 0.4) is 0 Å². The summed E-state index contributed by atoms with van der Waals surface area (Å²) >= 11 is 0. The fourth-order valence-corrected chi connectivity index (χ4v) is 2.70. The zero-order valence-electron chi connectivity index (χ0n) is 16.7. The highest BCUT2D eigenvalue weighted by Gasteiger charge is 2.13. The van der Waals surface area contributed by atoms with Gasteiger partial charge in [-0.2, -0.15) is 0 Å². The van der Waals surface area contributed by atoms with Crippen molar-refractivity contribution in [2.75, 3.05) is 14.2 Å². The van der Waals surface area contributed by atoms with Crippen LogP contribution in [0.4, 0.5) is 5.69 Å². The number of methoxy groups -OCH3 is 2. The first-order valence-electron chi connectivity index (χ1n) is 9.30. The summed E-state index contributed by atoms with van der Waals surface area (Å²) < 4.78 is 16.0. The predicted octanol–water partition coefficient (Wildman–Crippen LogP) is 5.24. The Morgan fingerprint density at radius 1 is 0.897 bits per heavy atom. The lowest BCUT2D eigenvalue weighted by atomic mass is 10.1. The lowest BCUT2D eigenvalue weighted by molar-refractivity contribution is 0.0729. The van der Waals surface area contributed by atoms with E-state index in [0.717, 1.165) is 17.7 Å². The molecule has 0 saturated heterocycles. The molecule has 29 heavy (non-hydrogen) atoms. The van der Waals surface area contributed by atoms with Crippen molar-refractivity contribution in [2.24, 2.45) is 4.99 Å². The number of ether oxygens (including phenoxy) is 3. The van der Waals surface area contributed by atoms with Gasteiger partial charge in [0.25, 0.3) is 0 Å². The summed E-state index contributed by atoms with van der Waals surface area (Å²) in [4.78, 5) is 16.9. The van der Waals surface area contributed by atoms with Crippen molar-refractivity contribution in [1.29, 1.82) is 0 Å². The lowest BCUT2D eigenvalue weighted by Crippen LogP contribution is -2.09. The van der Waals surface area contributed by atoms with Crippen LogP contribution in [0.1, 0.15) is 28.4 Å². The van der Waals surface area contributed by atoms with Gasteiger partial charge in [0.05, 0.1) is 25.5 Å². The third-order valence-corrected chi connectivity index (χ3v) is 4.42. The summed E-state index contributed by atoms with van der Waals surface area (Å²) in [5.41, 5.74) is 3.41. The van der Waals surface area contributed by atoms with Crippen LogP contribution in [0.15, 0.2) is 71.7 Å². The van der Waals surface area contributed by atoms with E-state index in [1.165, 1.54) is 12.7 Å². The summed E-state index contributed by atoms with van der Waals surface area (Å²) in [5.74, 6) is 1.00. The van der Waals surface area contributed by atoms with Gasteiger partial charge in [-0.15, -0.1) is 0 Å². The molecule has 0 saturated carbocycles. The SMILES string of the molecule is CCc1ccc(N=Cc2ccc(OC(=O)c3ccc(OC)cc3)c(OC)c2)cc1. The summed E-state index contributed by atoms with van der Waals surface area (Å²) in [7, 11) is 3.10. The first-order chi connectivity index (χ1) is 14.1. The van der Waals surface area contributed by atoms with Crippen molar-refractivity contribution in [2.45, 2.75) is 13.3 Å². The fourth-order valence-electron chi connectivity index (χ4n) is 2.70. The topological polar surface area (TPSA) is 57.1 Å². The van der Waals surface area contributed by atoms with Gasteiger partial charge in [-0.05, 0) is 72.1 Å². The number of carbonyl (C=O) groups excluding carboxylic acids is 1. The smallest absolute Gasteiger partial charge is 0.343 e. The summed E-state index contributed by atoms with van der Waals surface area (Å²) in [5, 5.41) is 0. The van der Waals surface area contributed by atoms with Crippen molar-refractivity contribution in [3.8, 4) is 17.2 Å². The van der Waals surface area contributed by atoms with Gasteiger partial charge in [0.1, 0.15) is 5.75 Å². The molecular weight excluding hydrogens is 366 g/mol. The predicted molar refractivity (Wildman–Crippen MR) is 114 cm³/mol. The van der Waals surface area contributed by atoms with Crippen LogP contribution in [0, 0.1) is 0 Å². The minimum Gasteiger partial charge on any atom is -0.497 e. The monoisotopic (exact) mass is 389 g/mol. The molecule has 0 amide bonds. The van der Waals surface area contributed by atoms with Crippen molar-refractivity contribution in [3.05, 3.63) is 83.4 Å². The number of hydrogen-bond acceptors (Lipinski definition) is 5. The Bertz CT molecular complexity index is 992. The molecule has 5 nitrogen and oxygen atoms in total. The highest BCUT2D eigenvalue weighted by Crippen LogP contribution is 2.29. The first kappa shape index (κ1) is 20.1. The fraction of sp³-hybridized carbons (Fsp3) is 0.167. The number of benzene rings is 3. The first-order valence-corrected chi connectivity index (χ1v) is 9.30. The number of nitrogens with zero attached hydrogens (tertiary/aromatic N) is 1. The van der Waals surface area contributed by atoms with Crippen LogP contribution >= 0.6 is 0 Å². The molecule has 5 heteroatoms. The van der Waals surface area contributed by atoms with Crippen molar-refractivity contribution in [1.82, 2.24) is 0 Å². The van der Waals surface area contributed by atoms with E-state index in [-0.39, 0.29) is 0 Å². The number of carbonyl (C=O) groups is 1. The third-order valence-electron chi connectivity index (χ3n) is 4.42. The molecule has 0 heterocycles. The van der Waals surface area contributed by atoms with E-state index in [1.54, 1.807) is 49.7 Å². The molecule has 0 aliphatic heterocycles. The van der Waals surface area contributed by atoms with Crippen LogP contribution < -0.4 is 14.2 Å². The average molecular weight is 389 g/mol. The summed E-state index contributed by atoms with van der Waals surface area (Å²) in [6, 6.07) is 20.1. The molecule has 0 unspecified atom stereocenters. The van der Waals surface area contributed by atoms with Gasteiger partial charge in [-0.3, -0.25) is 4.99 Å². The van der Waals surface area contributed by atoms with Gasteiger partial charge < -0.3 is 14.2 Å². The second-order valence-electron chi connectivity index (χ2n) is 6.31. The summed E-state index contributed by atoms with van der Waals surface area (Å²) in [6.07, 6.45) is 2.75. The van der Waals surface area contributed by atoms with E-state index in [2.05, 4.69) is 24.0 Å². The molecule has 0 aromatic heterocycles. The molecule has 3 aromatic rings. The van der Waals surface area contributed by atoms with Gasteiger partial charge in [0.2, 0.25) is 0 Å². The lowest BCUT2D eigenvalue weighted by Gasteiger charge is -2.10. The van der Waals surface area contributed by atoms with Crippen LogP contribution in [0.25, 0.3) is 0 Å². The molecule has 0 aliphatic carbocycles. The van der Waals surface area contributed by atoms with Gasteiger partial charge in [-0.1, -0.05) is 19.1 Å². The maximum atomic E-state index is 12.4. The highest BCUT2D eigenvalue weighted by molar-refractivity contribution is 5.92. The molecular formula is C24H23NO4. The molecule has 0 bridgehead atoms. The minimum atomic E-state index is -0.469. The molecule has 0 radical (unpaired) electrons. The number of aliphatic imine (C=N–C) groups is 1. The molecule has 3 aromatic carbocycles. The Balaban J connectivity index is 1.73. The largest absolute Gasteiger partial charge is 0.497 e. The Morgan fingerprint density at radius 3 is 2.24 bits per heavy atom. The van der Waals surface area contributed by atoms with Crippen LogP contribution in [0.2, 0.25) is 0 Å². The zero-order valence-corrected chi connectivity index (χ0v) is 16.7. The van der Waals surface area contributed by atoms with Gasteiger partial charge in [0.15, 0.2) is 11.5 Å². The van der Waals surface area contributed by atoms with E-state index in [0.29, 0.717) is 22.8 Å². The maximum absolute atomic E-state index is 12.4. The zero-order chi connectivity index (χ0) is 20.6. The van der Waals surface area contributed by atoms with Crippen LogP contribution in [-0.4, -0.2) is 26.4 Å². The van der Waals surface area contributed by atoms with Crippen LogP contribution in [-0.2, 0) is 6.42 Å². The Morgan fingerprint density at radius 2 is 1.62 bits per heavy atom. The van der Waals surface area contributed by atoms with E-state index in [1.807, 2.05) is 18.2 Å². The van der Waals surface area contributed by atoms with E-state index in [4.69, 9.17) is 14.2 Å². The second-order valence-corrected chi connectivity index (χ2v) is 6.31. The maximum Gasteiger partial charge on any atom is 0.343 e. The van der Waals surface area contributed by atoms with Gasteiger partial charge >= 0.3 is 5.97 Å². The van der Waals surface area contributed by atoms with E-state index >= 15 is 0 Å². The molecule has 0 fully saturated rings. The number of aryl methyl sites for hydroxylation is 1. The van der Waals surface area contributed by atoms with Crippen molar-refractivity contribution < 1.29 is 19.0 Å². The molecule has 3 rings (SSSR count). The molecule has 0 aliphatic rings. The minimum absolute atomic E-state index is 0.345. The Labute approximate surface area is 170 Å². The van der Waals surface area contributed by atoms with E-state index in [9.17, 15) is 4.79 Å². The normalized spacial score (nSPS) is 10.7. The van der Waals surface area contributed by atoms with Crippen molar-refractivity contribution >= 4 is 17.9 Å². The van der Waals surface area contributed by atoms with E-state index < -0.39 is 5.97 Å². The quantitative estimate of drug-likeness (QED) is 0.315. The summed E-state index contributed by atoms with van der Waals surface area (Å²) in [6.45, 7) is 2.12.